The molecular weight excluding hydrogens is 376 g/mol. The van der Waals surface area contributed by atoms with Gasteiger partial charge in [-0.3, -0.25) is 9.58 Å². The number of aromatic nitrogens is 2. The maximum atomic E-state index is 4.33. The lowest BCUT2D eigenvalue weighted by atomic mass is 10.0. The minimum Gasteiger partial charge on any atom is -0.314 e. The molecule has 1 N–H and O–H groups in total. The van der Waals surface area contributed by atoms with E-state index >= 15 is 0 Å². The first-order valence-corrected chi connectivity index (χ1v) is 8.68. The highest BCUT2D eigenvalue weighted by Crippen LogP contribution is 2.26. The first-order chi connectivity index (χ1) is 10.7. The maximum Gasteiger partial charge on any atom is 0.0663 e. The average molecular weight is 400 g/mol. The molecule has 2 aromatic rings. The average Bonchev–Trinajstić information content (AvgIpc) is 2.87. The Morgan fingerprint density at radius 1 is 1.30 bits per heavy atom. The van der Waals surface area contributed by atoms with Crippen LogP contribution in [0.25, 0.3) is 0 Å². The van der Waals surface area contributed by atoms with Gasteiger partial charge in [0.05, 0.1) is 16.4 Å². The van der Waals surface area contributed by atoms with E-state index in [1.807, 2.05) is 17.9 Å². The van der Waals surface area contributed by atoms with Crippen molar-refractivity contribution in [2.75, 3.05) is 19.6 Å². The minimum atomic E-state index is 0. The molecule has 4 nitrogen and oxygen atoms in total. The van der Waals surface area contributed by atoms with E-state index in [9.17, 15) is 0 Å². The Kier molecular flexibility index (Phi) is 6.65. The van der Waals surface area contributed by atoms with E-state index in [1.54, 1.807) is 0 Å². The Balaban J connectivity index is 0.00000192. The highest BCUT2D eigenvalue weighted by molar-refractivity contribution is 9.10. The zero-order valence-corrected chi connectivity index (χ0v) is 16.0. The molecule has 6 heteroatoms. The van der Waals surface area contributed by atoms with Crippen molar-refractivity contribution in [3.8, 4) is 0 Å². The van der Waals surface area contributed by atoms with Gasteiger partial charge in [0.25, 0.3) is 0 Å². The predicted octanol–water partition coefficient (Wildman–Crippen LogP) is 3.31. The molecule has 0 bridgehead atoms. The van der Waals surface area contributed by atoms with Gasteiger partial charge in [0.15, 0.2) is 0 Å². The van der Waals surface area contributed by atoms with Crippen LogP contribution in [0.4, 0.5) is 0 Å². The smallest absolute Gasteiger partial charge is 0.0663 e. The summed E-state index contributed by atoms with van der Waals surface area (Å²) in [6, 6.07) is 9.48. The van der Waals surface area contributed by atoms with Crippen molar-refractivity contribution in [3.63, 3.8) is 0 Å². The number of aryl methyl sites for hydroxylation is 2. The summed E-state index contributed by atoms with van der Waals surface area (Å²) in [6.07, 6.45) is 2.97. The SMILES string of the molecule is CCc1ccc(C2CNCCN2Cc2c(Br)cnn2C)cc1.Cl. The van der Waals surface area contributed by atoms with Crippen LogP contribution in [0.1, 0.15) is 29.8 Å². The molecule has 3 rings (SSSR count). The highest BCUT2D eigenvalue weighted by atomic mass is 79.9. The molecule has 0 saturated carbocycles. The second-order valence-electron chi connectivity index (χ2n) is 5.85. The van der Waals surface area contributed by atoms with Crippen LogP contribution >= 0.6 is 28.3 Å². The van der Waals surface area contributed by atoms with Crippen LogP contribution in [-0.4, -0.2) is 34.3 Å². The molecule has 0 aliphatic carbocycles. The fraction of sp³-hybridized carbons (Fsp3) is 0.471. The number of halogens is 2. The number of piperazine rings is 1. The maximum absolute atomic E-state index is 4.33. The van der Waals surface area contributed by atoms with Crippen LogP contribution in [0.15, 0.2) is 34.9 Å². The minimum absolute atomic E-state index is 0. The number of benzene rings is 1. The normalized spacial score (nSPS) is 18.7. The van der Waals surface area contributed by atoms with Gasteiger partial charge in [0.2, 0.25) is 0 Å². The van der Waals surface area contributed by atoms with Crippen LogP contribution < -0.4 is 5.32 Å². The number of rotatable bonds is 4. The summed E-state index contributed by atoms with van der Waals surface area (Å²) in [6.45, 7) is 6.21. The molecule has 1 unspecified atom stereocenters. The van der Waals surface area contributed by atoms with Gasteiger partial charge in [-0.1, -0.05) is 31.2 Å². The first kappa shape index (κ1) is 18.5. The molecular formula is C17H24BrClN4. The zero-order valence-electron chi connectivity index (χ0n) is 13.6. The fourth-order valence-electron chi connectivity index (χ4n) is 3.05. The second-order valence-corrected chi connectivity index (χ2v) is 6.70. The molecule has 0 amide bonds. The summed E-state index contributed by atoms with van der Waals surface area (Å²) >= 11 is 3.61. The van der Waals surface area contributed by atoms with Gasteiger partial charge < -0.3 is 5.32 Å². The summed E-state index contributed by atoms with van der Waals surface area (Å²) in [7, 11) is 2.01. The molecule has 0 radical (unpaired) electrons. The van der Waals surface area contributed by atoms with Crippen molar-refractivity contribution in [3.05, 3.63) is 51.8 Å². The zero-order chi connectivity index (χ0) is 15.5. The Bertz CT molecular complexity index is 607. The molecule has 1 saturated heterocycles. The molecule has 1 atom stereocenters. The third-order valence-corrected chi connectivity index (χ3v) is 5.15. The topological polar surface area (TPSA) is 33.1 Å². The number of hydrogen-bond donors (Lipinski definition) is 1. The lowest BCUT2D eigenvalue weighted by Gasteiger charge is -2.36. The van der Waals surface area contributed by atoms with Crippen LogP contribution in [0.5, 0.6) is 0 Å². The van der Waals surface area contributed by atoms with E-state index in [2.05, 4.69) is 62.4 Å². The van der Waals surface area contributed by atoms with E-state index in [4.69, 9.17) is 0 Å². The lowest BCUT2D eigenvalue weighted by molar-refractivity contribution is 0.149. The molecule has 1 aromatic carbocycles. The molecule has 1 fully saturated rings. The summed E-state index contributed by atoms with van der Waals surface area (Å²) < 4.78 is 3.05. The predicted molar refractivity (Wildman–Crippen MR) is 100.0 cm³/mol. The monoisotopic (exact) mass is 398 g/mol. The molecule has 1 aliphatic heterocycles. The third kappa shape index (κ3) is 4.15. The lowest BCUT2D eigenvalue weighted by Crippen LogP contribution is -2.45. The van der Waals surface area contributed by atoms with Crippen molar-refractivity contribution < 1.29 is 0 Å². The van der Waals surface area contributed by atoms with Crippen LogP contribution in [-0.2, 0) is 20.0 Å². The van der Waals surface area contributed by atoms with Crippen molar-refractivity contribution in [2.45, 2.75) is 25.9 Å². The van der Waals surface area contributed by atoms with Gasteiger partial charge in [0, 0.05) is 39.3 Å². The van der Waals surface area contributed by atoms with Gasteiger partial charge in [-0.25, -0.2) is 0 Å². The second kappa shape index (κ2) is 8.29. The van der Waals surface area contributed by atoms with Gasteiger partial charge in [-0.2, -0.15) is 5.10 Å². The molecule has 126 valence electrons. The molecule has 2 heterocycles. The van der Waals surface area contributed by atoms with Crippen LogP contribution in [0.3, 0.4) is 0 Å². The molecule has 1 aliphatic rings. The Labute approximate surface area is 152 Å². The quantitative estimate of drug-likeness (QED) is 0.856. The van der Waals surface area contributed by atoms with Crippen molar-refractivity contribution in [2.24, 2.45) is 7.05 Å². The molecule has 0 spiro atoms. The van der Waals surface area contributed by atoms with Crippen molar-refractivity contribution in [1.82, 2.24) is 20.0 Å². The van der Waals surface area contributed by atoms with Gasteiger partial charge in [-0.15, -0.1) is 12.4 Å². The summed E-state index contributed by atoms with van der Waals surface area (Å²) in [5, 5.41) is 7.85. The molecule has 1 aromatic heterocycles. The van der Waals surface area contributed by atoms with Crippen LogP contribution in [0.2, 0.25) is 0 Å². The van der Waals surface area contributed by atoms with E-state index in [1.165, 1.54) is 16.8 Å². The largest absolute Gasteiger partial charge is 0.314 e. The Morgan fingerprint density at radius 3 is 2.65 bits per heavy atom. The first-order valence-electron chi connectivity index (χ1n) is 7.89. The van der Waals surface area contributed by atoms with Crippen molar-refractivity contribution in [1.29, 1.82) is 0 Å². The van der Waals surface area contributed by atoms with E-state index in [0.29, 0.717) is 6.04 Å². The Hall–Kier alpha value is -0.880. The Morgan fingerprint density at radius 2 is 2.04 bits per heavy atom. The third-order valence-electron chi connectivity index (χ3n) is 4.49. The van der Waals surface area contributed by atoms with Crippen molar-refractivity contribution >= 4 is 28.3 Å². The number of nitrogens with one attached hydrogen (secondary N) is 1. The summed E-state index contributed by atoms with van der Waals surface area (Å²) in [4.78, 5) is 2.54. The summed E-state index contributed by atoms with van der Waals surface area (Å²) in [5.41, 5.74) is 4.02. The van der Waals surface area contributed by atoms with E-state index in [-0.39, 0.29) is 12.4 Å². The van der Waals surface area contributed by atoms with E-state index < -0.39 is 0 Å². The van der Waals surface area contributed by atoms with Gasteiger partial charge >= 0.3 is 0 Å². The fourth-order valence-corrected chi connectivity index (χ4v) is 3.52. The summed E-state index contributed by atoms with van der Waals surface area (Å²) in [5.74, 6) is 0. The highest BCUT2D eigenvalue weighted by Gasteiger charge is 2.25. The number of hydrogen-bond acceptors (Lipinski definition) is 3. The van der Waals surface area contributed by atoms with Gasteiger partial charge in [-0.05, 0) is 33.5 Å². The van der Waals surface area contributed by atoms with Gasteiger partial charge in [0.1, 0.15) is 0 Å². The number of nitrogens with zero attached hydrogens (tertiary/aromatic N) is 3. The standard InChI is InChI=1S/C17H23BrN4.ClH/c1-3-13-4-6-14(7-5-13)16-11-19-8-9-22(16)12-17-15(18)10-20-21(17)2;/h4-7,10,16,19H,3,8-9,11-12H2,1-2H3;1H. The van der Waals surface area contributed by atoms with Crippen LogP contribution in [0, 0.1) is 0 Å². The van der Waals surface area contributed by atoms with E-state index in [0.717, 1.165) is 37.1 Å². The molecule has 23 heavy (non-hydrogen) atoms.